The molecule has 0 fully saturated rings. The summed E-state index contributed by atoms with van der Waals surface area (Å²) in [5.74, 6) is -0.808. The first-order chi connectivity index (χ1) is 12.3. The van der Waals surface area contributed by atoms with Gasteiger partial charge in [-0.1, -0.05) is 36.8 Å². The third-order valence-electron chi connectivity index (χ3n) is 4.24. The lowest BCUT2D eigenvalue weighted by Crippen LogP contribution is -2.36. The molecule has 6 nitrogen and oxygen atoms in total. The molecule has 0 radical (unpaired) electrons. The monoisotopic (exact) mass is 357 g/mol. The van der Waals surface area contributed by atoms with E-state index in [1.807, 2.05) is 45.0 Å². The molecule has 0 aliphatic carbocycles. The largest absolute Gasteiger partial charge is 0.449 e. The van der Waals surface area contributed by atoms with Crippen molar-refractivity contribution in [3.8, 4) is 0 Å². The number of hydrogen-bond acceptors (Lipinski definition) is 4. The van der Waals surface area contributed by atoms with Gasteiger partial charge < -0.3 is 10.1 Å². The van der Waals surface area contributed by atoms with Crippen molar-refractivity contribution in [1.29, 1.82) is 0 Å². The molecule has 0 aliphatic heterocycles. The van der Waals surface area contributed by atoms with Gasteiger partial charge in [0, 0.05) is 6.54 Å². The minimum absolute atomic E-state index is 0.289. The van der Waals surface area contributed by atoms with Crippen LogP contribution < -0.4 is 5.32 Å². The van der Waals surface area contributed by atoms with Gasteiger partial charge in [-0.25, -0.2) is 4.79 Å². The van der Waals surface area contributed by atoms with Gasteiger partial charge >= 0.3 is 5.97 Å². The van der Waals surface area contributed by atoms with Crippen LogP contribution in [0.3, 0.4) is 0 Å². The van der Waals surface area contributed by atoms with E-state index in [0.717, 1.165) is 17.7 Å². The minimum atomic E-state index is -0.840. The third kappa shape index (κ3) is 4.71. The van der Waals surface area contributed by atoms with Gasteiger partial charge in [-0.05, 0) is 39.7 Å². The van der Waals surface area contributed by atoms with Gasteiger partial charge in [-0.15, -0.1) is 0 Å². The average molecular weight is 357 g/mol. The topological polar surface area (TPSA) is 73.2 Å². The second kappa shape index (κ2) is 8.65. The van der Waals surface area contributed by atoms with E-state index >= 15 is 0 Å². The molecule has 0 aliphatic rings. The fraction of sp³-hybridized carbons (Fsp3) is 0.450. The van der Waals surface area contributed by atoms with Gasteiger partial charge in [-0.3, -0.25) is 9.48 Å². The Labute approximate surface area is 154 Å². The number of aryl methyl sites for hydroxylation is 2. The first-order valence-electron chi connectivity index (χ1n) is 8.91. The van der Waals surface area contributed by atoms with E-state index in [2.05, 4.69) is 10.4 Å². The molecule has 1 atom stereocenters. The van der Waals surface area contributed by atoms with Crippen molar-refractivity contribution in [2.75, 3.05) is 6.54 Å². The molecule has 2 rings (SSSR count). The van der Waals surface area contributed by atoms with E-state index in [1.54, 1.807) is 18.5 Å². The first kappa shape index (κ1) is 19.7. The smallest absolute Gasteiger partial charge is 0.342 e. The fourth-order valence-corrected chi connectivity index (χ4v) is 2.68. The van der Waals surface area contributed by atoms with Crippen molar-refractivity contribution in [1.82, 2.24) is 15.1 Å². The van der Waals surface area contributed by atoms with Crippen molar-refractivity contribution >= 4 is 11.9 Å². The van der Waals surface area contributed by atoms with E-state index in [0.29, 0.717) is 24.3 Å². The zero-order valence-electron chi connectivity index (χ0n) is 16.1. The number of benzene rings is 1. The van der Waals surface area contributed by atoms with Gasteiger partial charge in [0.2, 0.25) is 0 Å². The molecule has 0 spiro atoms. The number of nitrogens with one attached hydrogen (secondary N) is 1. The molecule has 1 aromatic carbocycles. The molecule has 140 valence electrons. The Kier molecular flexibility index (Phi) is 6.55. The Morgan fingerprint density at radius 2 is 1.85 bits per heavy atom. The molecule has 0 unspecified atom stereocenters. The van der Waals surface area contributed by atoms with E-state index < -0.39 is 12.1 Å². The third-order valence-corrected chi connectivity index (χ3v) is 4.24. The lowest BCUT2D eigenvalue weighted by molar-refractivity contribution is -0.129. The summed E-state index contributed by atoms with van der Waals surface area (Å²) in [4.78, 5) is 24.4. The van der Waals surface area contributed by atoms with Crippen LogP contribution in [0.2, 0.25) is 0 Å². The van der Waals surface area contributed by atoms with Crippen LogP contribution >= 0.6 is 0 Å². The van der Waals surface area contributed by atoms with Crippen molar-refractivity contribution in [3.63, 3.8) is 0 Å². The number of carbonyl (C=O) groups is 2. The van der Waals surface area contributed by atoms with E-state index in [4.69, 9.17) is 4.74 Å². The Hall–Kier alpha value is -2.63. The number of rotatable bonds is 7. The van der Waals surface area contributed by atoms with Crippen LogP contribution in [0.1, 0.15) is 53.1 Å². The van der Waals surface area contributed by atoms with Crippen LogP contribution in [0.4, 0.5) is 0 Å². The number of nitrogens with zero attached hydrogens (tertiary/aromatic N) is 2. The maximum atomic E-state index is 12.5. The zero-order valence-corrected chi connectivity index (χ0v) is 16.1. The van der Waals surface area contributed by atoms with Crippen LogP contribution in [0, 0.1) is 20.8 Å². The maximum absolute atomic E-state index is 12.5. The molecule has 0 saturated carbocycles. The van der Waals surface area contributed by atoms with Gasteiger partial charge in [0.05, 0.1) is 17.9 Å². The van der Waals surface area contributed by atoms with Crippen LogP contribution in [-0.2, 0) is 16.1 Å². The molecule has 0 bridgehead atoms. The summed E-state index contributed by atoms with van der Waals surface area (Å²) >= 11 is 0. The Morgan fingerprint density at radius 1 is 1.19 bits per heavy atom. The number of ether oxygens (including phenoxy) is 1. The minimum Gasteiger partial charge on any atom is -0.449 e. The summed E-state index contributed by atoms with van der Waals surface area (Å²) in [6.07, 6.45) is -0.00977. The highest BCUT2D eigenvalue weighted by molar-refractivity contribution is 5.94. The predicted molar refractivity (Wildman–Crippen MR) is 100 cm³/mol. The van der Waals surface area contributed by atoms with Gasteiger partial charge in [0.15, 0.2) is 6.10 Å². The predicted octanol–water partition coefficient (Wildman–Crippen LogP) is 2.93. The highest BCUT2D eigenvalue weighted by atomic mass is 16.5. The molecular formula is C20H27N3O3. The normalized spacial score (nSPS) is 11.9. The second-order valence-corrected chi connectivity index (χ2v) is 6.53. The fourth-order valence-electron chi connectivity index (χ4n) is 2.68. The van der Waals surface area contributed by atoms with Crippen LogP contribution in [-0.4, -0.2) is 34.3 Å². The summed E-state index contributed by atoms with van der Waals surface area (Å²) in [7, 11) is 0. The maximum Gasteiger partial charge on any atom is 0.342 e. The van der Waals surface area contributed by atoms with Crippen molar-refractivity contribution in [2.24, 2.45) is 0 Å². The van der Waals surface area contributed by atoms with E-state index in [9.17, 15) is 9.59 Å². The Balaban J connectivity index is 2.12. The number of aromatic nitrogens is 2. The van der Waals surface area contributed by atoms with E-state index in [-0.39, 0.29) is 5.91 Å². The van der Waals surface area contributed by atoms with Crippen LogP contribution in [0.25, 0.3) is 0 Å². The molecule has 1 amide bonds. The number of amides is 1. The van der Waals surface area contributed by atoms with Gasteiger partial charge in [0.25, 0.3) is 5.91 Å². The van der Waals surface area contributed by atoms with Crippen LogP contribution in [0.15, 0.2) is 24.3 Å². The SMILES string of the molecule is CCCNC(=O)[C@H](C)OC(=O)c1c(C)nn(Cc2ccc(C)cc2)c1C. The average Bonchev–Trinajstić information content (AvgIpc) is 2.88. The number of hydrogen-bond donors (Lipinski definition) is 1. The lowest BCUT2D eigenvalue weighted by Gasteiger charge is -2.13. The molecule has 6 heteroatoms. The highest BCUT2D eigenvalue weighted by Gasteiger charge is 2.24. The quantitative estimate of drug-likeness (QED) is 0.773. The molecule has 2 aromatic rings. The van der Waals surface area contributed by atoms with Crippen molar-refractivity contribution < 1.29 is 14.3 Å². The first-order valence-corrected chi connectivity index (χ1v) is 8.91. The number of carbonyl (C=O) groups excluding carboxylic acids is 2. The Morgan fingerprint density at radius 3 is 2.46 bits per heavy atom. The van der Waals surface area contributed by atoms with Gasteiger partial charge in [0.1, 0.15) is 5.56 Å². The van der Waals surface area contributed by atoms with Crippen molar-refractivity contribution in [2.45, 2.75) is 53.7 Å². The van der Waals surface area contributed by atoms with Crippen molar-refractivity contribution in [3.05, 3.63) is 52.3 Å². The summed E-state index contributed by atoms with van der Waals surface area (Å²) in [6.45, 7) is 10.3. The molecule has 1 N–H and O–H groups in total. The van der Waals surface area contributed by atoms with Gasteiger partial charge in [-0.2, -0.15) is 5.10 Å². The number of esters is 1. The highest BCUT2D eigenvalue weighted by Crippen LogP contribution is 2.17. The molecule has 1 aromatic heterocycles. The molecule has 0 saturated heterocycles. The summed E-state index contributed by atoms with van der Waals surface area (Å²) < 4.78 is 7.12. The summed E-state index contributed by atoms with van der Waals surface area (Å²) in [5, 5.41) is 7.19. The van der Waals surface area contributed by atoms with Crippen LogP contribution in [0.5, 0.6) is 0 Å². The molecule has 1 heterocycles. The second-order valence-electron chi connectivity index (χ2n) is 6.53. The zero-order chi connectivity index (χ0) is 19.3. The Bertz CT molecular complexity index is 778. The molecular weight excluding hydrogens is 330 g/mol. The summed E-state index contributed by atoms with van der Waals surface area (Å²) in [5.41, 5.74) is 4.05. The molecule has 26 heavy (non-hydrogen) atoms. The lowest BCUT2D eigenvalue weighted by atomic mass is 10.1. The summed E-state index contributed by atoms with van der Waals surface area (Å²) in [6, 6.07) is 8.19. The standard InChI is InChI=1S/C20H27N3O3/c1-6-11-21-19(24)16(5)26-20(25)18-14(3)22-23(15(18)4)12-17-9-7-13(2)8-10-17/h7-10,16H,6,11-12H2,1-5H3,(H,21,24)/t16-/m0/s1. The van der Waals surface area contributed by atoms with E-state index in [1.165, 1.54) is 5.56 Å².